The van der Waals surface area contributed by atoms with Crippen LogP contribution in [0.25, 0.3) is 0 Å². The Kier molecular flexibility index (Phi) is 4.81. The number of rotatable bonds is 3. The monoisotopic (exact) mass is 301 g/mol. The van der Waals surface area contributed by atoms with Crippen molar-refractivity contribution < 1.29 is 14.6 Å². The number of halogens is 1. The Labute approximate surface area is 109 Å². The zero-order chi connectivity index (χ0) is 13.0. The number of aryl methyl sites for hydroxylation is 1. The third-order valence-electron chi connectivity index (χ3n) is 2.38. The van der Waals surface area contributed by atoms with Gasteiger partial charge in [0.2, 0.25) is 0 Å². The van der Waals surface area contributed by atoms with E-state index in [0.717, 1.165) is 5.56 Å². The van der Waals surface area contributed by atoms with Gasteiger partial charge < -0.3 is 14.7 Å². The molecule has 17 heavy (non-hydrogen) atoms. The van der Waals surface area contributed by atoms with E-state index in [2.05, 4.69) is 15.9 Å². The van der Waals surface area contributed by atoms with E-state index in [0.29, 0.717) is 17.6 Å². The van der Waals surface area contributed by atoms with Crippen molar-refractivity contribution in [3.63, 3.8) is 0 Å². The second-order valence-corrected chi connectivity index (χ2v) is 4.49. The minimum atomic E-state index is -0.463. The van der Waals surface area contributed by atoms with Crippen LogP contribution in [0.2, 0.25) is 0 Å². The number of amides is 1. The Morgan fingerprint density at radius 2 is 2.00 bits per heavy atom. The van der Waals surface area contributed by atoms with E-state index in [1.165, 1.54) is 4.90 Å². The van der Waals surface area contributed by atoms with Crippen molar-refractivity contribution in [3.8, 4) is 11.5 Å². The highest BCUT2D eigenvalue weighted by molar-refractivity contribution is 9.10. The van der Waals surface area contributed by atoms with Crippen molar-refractivity contribution in [1.29, 1.82) is 0 Å². The van der Waals surface area contributed by atoms with Crippen molar-refractivity contribution in [2.24, 2.45) is 0 Å². The quantitative estimate of drug-likeness (QED) is 0.932. The van der Waals surface area contributed by atoms with Crippen molar-refractivity contribution in [3.05, 3.63) is 22.2 Å². The molecular weight excluding hydrogens is 286 g/mol. The maximum atomic E-state index is 11.7. The van der Waals surface area contributed by atoms with Crippen LogP contribution in [0.5, 0.6) is 11.5 Å². The fraction of sp³-hybridized carbons (Fsp3) is 0.417. The minimum absolute atomic E-state index is 0.0441. The highest BCUT2D eigenvalue weighted by Gasteiger charge is 2.17. The number of hydrogen-bond donors (Lipinski definition) is 1. The van der Waals surface area contributed by atoms with Crippen LogP contribution in [-0.2, 0) is 0 Å². The first-order chi connectivity index (χ1) is 7.99. The number of ether oxygens (including phenoxy) is 1. The highest BCUT2D eigenvalue weighted by Crippen LogP contribution is 2.35. The van der Waals surface area contributed by atoms with Gasteiger partial charge in [-0.15, -0.1) is 0 Å². The third-order valence-corrected chi connectivity index (χ3v) is 2.97. The van der Waals surface area contributed by atoms with Gasteiger partial charge in [-0.2, -0.15) is 0 Å². The molecular formula is C12H16BrNO3. The van der Waals surface area contributed by atoms with Gasteiger partial charge in [-0.3, -0.25) is 0 Å². The van der Waals surface area contributed by atoms with Gasteiger partial charge in [0.1, 0.15) is 0 Å². The third kappa shape index (κ3) is 3.36. The van der Waals surface area contributed by atoms with Gasteiger partial charge in [0.05, 0.1) is 4.47 Å². The summed E-state index contributed by atoms with van der Waals surface area (Å²) < 4.78 is 5.73. The maximum absolute atomic E-state index is 11.7. The number of nitrogens with zero attached hydrogens (tertiary/aromatic N) is 1. The number of benzene rings is 1. The van der Waals surface area contributed by atoms with Crippen molar-refractivity contribution >= 4 is 22.0 Å². The molecule has 0 aromatic heterocycles. The van der Waals surface area contributed by atoms with Gasteiger partial charge in [0.15, 0.2) is 11.5 Å². The molecule has 1 rings (SSSR count). The van der Waals surface area contributed by atoms with Crippen LogP contribution in [-0.4, -0.2) is 29.2 Å². The first-order valence-electron chi connectivity index (χ1n) is 5.45. The van der Waals surface area contributed by atoms with Gasteiger partial charge in [0.25, 0.3) is 0 Å². The van der Waals surface area contributed by atoms with Gasteiger partial charge >= 0.3 is 6.09 Å². The van der Waals surface area contributed by atoms with Gasteiger partial charge in [-0.1, -0.05) is 0 Å². The predicted octanol–water partition coefficient (Wildman–Crippen LogP) is 3.30. The Hall–Kier alpha value is -1.23. The Morgan fingerprint density at radius 1 is 1.41 bits per heavy atom. The fourth-order valence-electron chi connectivity index (χ4n) is 1.45. The van der Waals surface area contributed by atoms with E-state index in [1.807, 2.05) is 20.8 Å². The van der Waals surface area contributed by atoms with Crippen molar-refractivity contribution in [2.45, 2.75) is 20.8 Å². The van der Waals surface area contributed by atoms with Crippen LogP contribution < -0.4 is 4.74 Å². The first-order valence-corrected chi connectivity index (χ1v) is 6.24. The van der Waals surface area contributed by atoms with E-state index in [1.54, 1.807) is 12.1 Å². The second kappa shape index (κ2) is 5.91. The van der Waals surface area contributed by atoms with Crippen LogP contribution in [0.3, 0.4) is 0 Å². The molecule has 0 unspecified atom stereocenters. The zero-order valence-corrected chi connectivity index (χ0v) is 11.7. The number of carbonyl (C=O) groups is 1. The molecule has 1 aromatic rings. The molecule has 0 saturated heterocycles. The van der Waals surface area contributed by atoms with Crippen LogP contribution in [0.1, 0.15) is 19.4 Å². The SMILES string of the molecule is CCN(CC)C(=O)Oc1c(O)cc(C)cc1Br. The number of aromatic hydroxyl groups is 1. The van der Waals surface area contributed by atoms with E-state index >= 15 is 0 Å². The molecule has 0 aliphatic carbocycles. The molecule has 0 saturated carbocycles. The predicted molar refractivity (Wildman–Crippen MR) is 69.5 cm³/mol. The molecule has 1 amide bonds. The van der Waals surface area contributed by atoms with E-state index in [9.17, 15) is 9.90 Å². The summed E-state index contributed by atoms with van der Waals surface area (Å²) in [6, 6.07) is 3.33. The molecule has 0 heterocycles. The standard InChI is InChI=1S/C12H16BrNO3/c1-4-14(5-2)12(16)17-11-9(13)6-8(3)7-10(11)15/h6-7,15H,4-5H2,1-3H3. The molecule has 4 nitrogen and oxygen atoms in total. The first kappa shape index (κ1) is 13.8. The minimum Gasteiger partial charge on any atom is -0.504 e. The van der Waals surface area contributed by atoms with Gasteiger partial charge in [-0.25, -0.2) is 4.79 Å². The number of carbonyl (C=O) groups excluding carboxylic acids is 1. The lowest BCUT2D eigenvalue weighted by Gasteiger charge is -2.18. The van der Waals surface area contributed by atoms with Crippen LogP contribution >= 0.6 is 15.9 Å². The smallest absolute Gasteiger partial charge is 0.415 e. The molecule has 1 aromatic carbocycles. The summed E-state index contributed by atoms with van der Waals surface area (Å²) in [6.07, 6.45) is -0.463. The summed E-state index contributed by atoms with van der Waals surface area (Å²) in [5, 5.41) is 9.72. The van der Waals surface area contributed by atoms with Crippen LogP contribution in [0.15, 0.2) is 16.6 Å². The van der Waals surface area contributed by atoms with Gasteiger partial charge in [0, 0.05) is 13.1 Å². The number of hydrogen-bond acceptors (Lipinski definition) is 3. The van der Waals surface area contributed by atoms with E-state index in [-0.39, 0.29) is 11.5 Å². The summed E-state index contributed by atoms with van der Waals surface area (Å²) in [5.74, 6) is 0.116. The molecule has 0 radical (unpaired) electrons. The van der Waals surface area contributed by atoms with E-state index in [4.69, 9.17) is 4.74 Å². The summed E-state index contributed by atoms with van der Waals surface area (Å²) >= 11 is 3.26. The molecule has 1 N–H and O–H groups in total. The number of phenols is 1. The average molecular weight is 302 g/mol. The topological polar surface area (TPSA) is 49.8 Å². The molecule has 5 heteroatoms. The highest BCUT2D eigenvalue weighted by atomic mass is 79.9. The molecule has 0 atom stereocenters. The Balaban J connectivity index is 2.92. The van der Waals surface area contributed by atoms with Crippen LogP contribution in [0, 0.1) is 6.92 Å². The largest absolute Gasteiger partial charge is 0.504 e. The lowest BCUT2D eigenvalue weighted by molar-refractivity contribution is 0.155. The van der Waals surface area contributed by atoms with Crippen molar-refractivity contribution in [1.82, 2.24) is 4.90 Å². The van der Waals surface area contributed by atoms with Crippen LogP contribution in [0.4, 0.5) is 4.79 Å². The normalized spacial score (nSPS) is 10.1. The Morgan fingerprint density at radius 3 is 2.47 bits per heavy atom. The van der Waals surface area contributed by atoms with Gasteiger partial charge in [-0.05, 0) is 54.4 Å². The lowest BCUT2D eigenvalue weighted by Crippen LogP contribution is -2.33. The Bertz CT molecular complexity index is 393. The summed E-state index contributed by atoms with van der Waals surface area (Å²) in [7, 11) is 0. The molecule has 0 aliphatic rings. The fourth-order valence-corrected chi connectivity index (χ4v) is 2.09. The summed E-state index contributed by atoms with van der Waals surface area (Å²) in [6.45, 7) is 6.73. The summed E-state index contributed by atoms with van der Waals surface area (Å²) in [5.41, 5.74) is 0.886. The molecule has 0 fully saturated rings. The number of phenolic OH excluding ortho intramolecular Hbond substituents is 1. The molecule has 0 aliphatic heterocycles. The summed E-state index contributed by atoms with van der Waals surface area (Å²) in [4.78, 5) is 13.3. The molecule has 94 valence electrons. The van der Waals surface area contributed by atoms with E-state index < -0.39 is 6.09 Å². The molecule has 0 bridgehead atoms. The second-order valence-electron chi connectivity index (χ2n) is 3.64. The lowest BCUT2D eigenvalue weighted by atomic mass is 10.2. The van der Waals surface area contributed by atoms with Crippen molar-refractivity contribution in [2.75, 3.05) is 13.1 Å². The maximum Gasteiger partial charge on any atom is 0.415 e. The average Bonchev–Trinajstić information content (AvgIpc) is 2.25. The molecule has 0 spiro atoms. The zero-order valence-electron chi connectivity index (χ0n) is 10.2.